The molecule has 0 amide bonds. The molecule has 2 aromatic rings. The van der Waals surface area contributed by atoms with Crippen LogP contribution < -0.4 is 5.32 Å². The van der Waals surface area contributed by atoms with Gasteiger partial charge in [-0.05, 0) is 56.7 Å². The van der Waals surface area contributed by atoms with Gasteiger partial charge < -0.3 is 10.2 Å². The van der Waals surface area contributed by atoms with E-state index in [9.17, 15) is 0 Å². The lowest BCUT2D eigenvalue weighted by Crippen LogP contribution is -2.18. The molecule has 2 nitrogen and oxygen atoms in total. The Labute approximate surface area is 128 Å². The van der Waals surface area contributed by atoms with Crippen molar-refractivity contribution in [3.63, 3.8) is 0 Å². The summed E-state index contributed by atoms with van der Waals surface area (Å²) >= 11 is 0. The molecular formula is C19H26N2. The van der Waals surface area contributed by atoms with Crippen molar-refractivity contribution >= 4 is 0 Å². The van der Waals surface area contributed by atoms with E-state index in [0.717, 1.165) is 13.1 Å². The van der Waals surface area contributed by atoms with Gasteiger partial charge >= 0.3 is 0 Å². The van der Waals surface area contributed by atoms with Crippen molar-refractivity contribution in [2.75, 3.05) is 27.2 Å². The van der Waals surface area contributed by atoms with Crippen molar-refractivity contribution in [2.45, 2.75) is 19.4 Å². The number of hydrogen-bond acceptors (Lipinski definition) is 2. The zero-order chi connectivity index (χ0) is 14.9. The summed E-state index contributed by atoms with van der Waals surface area (Å²) in [5.74, 6) is 0. The van der Waals surface area contributed by atoms with Gasteiger partial charge in [0.15, 0.2) is 0 Å². The van der Waals surface area contributed by atoms with Gasteiger partial charge in [0.25, 0.3) is 0 Å². The van der Waals surface area contributed by atoms with Gasteiger partial charge in [-0.15, -0.1) is 0 Å². The number of hydrogen-bond donors (Lipinski definition) is 1. The van der Waals surface area contributed by atoms with Crippen molar-refractivity contribution in [1.82, 2.24) is 10.2 Å². The molecular weight excluding hydrogens is 256 g/mol. The molecule has 0 heterocycles. The molecule has 2 aromatic carbocycles. The van der Waals surface area contributed by atoms with Crippen LogP contribution in [0.2, 0.25) is 0 Å². The number of benzene rings is 2. The van der Waals surface area contributed by atoms with Crippen molar-refractivity contribution in [3.05, 3.63) is 60.2 Å². The van der Waals surface area contributed by atoms with E-state index in [1.54, 1.807) is 0 Å². The summed E-state index contributed by atoms with van der Waals surface area (Å²) in [6.07, 6.45) is 2.49. The highest BCUT2D eigenvalue weighted by Crippen LogP contribution is 2.19. The van der Waals surface area contributed by atoms with Gasteiger partial charge in [0.2, 0.25) is 0 Å². The van der Waals surface area contributed by atoms with Gasteiger partial charge in [0.05, 0.1) is 0 Å². The summed E-state index contributed by atoms with van der Waals surface area (Å²) in [6.45, 7) is 3.22. The number of nitrogens with one attached hydrogen (secondary N) is 1. The fourth-order valence-corrected chi connectivity index (χ4v) is 2.36. The van der Waals surface area contributed by atoms with E-state index in [0.29, 0.717) is 0 Å². The van der Waals surface area contributed by atoms with Gasteiger partial charge in [0, 0.05) is 6.54 Å². The van der Waals surface area contributed by atoms with E-state index >= 15 is 0 Å². The fraction of sp³-hybridized carbons (Fsp3) is 0.368. The normalized spacial score (nSPS) is 11.0. The third kappa shape index (κ3) is 5.70. The van der Waals surface area contributed by atoms with Crippen LogP contribution in [0.15, 0.2) is 54.6 Å². The van der Waals surface area contributed by atoms with Crippen molar-refractivity contribution in [2.24, 2.45) is 0 Å². The molecule has 2 heteroatoms. The summed E-state index contributed by atoms with van der Waals surface area (Å²) in [5.41, 5.74) is 3.91. The molecule has 0 unspecified atom stereocenters. The molecule has 0 aliphatic heterocycles. The average Bonchev–Trinajstić information content (AvgIpc) is 2.52. The van der Waals surface area contributed by atoms with E-state index in [-0.39, 0.29) is 0 Å². The molecule has 21 heavy (non-hydrogen) atoms. The summed E-state index contributed by atoms with van der Waals surface area (Å²) in [5, 5.41) is 3.52. The highest BCUT2D eigenvalue weighted by molar-refractivity contribution is 5.63. The molecule has 112 valence electrons. The maximum absolute atomic E-state index is 3.52. The van der Waals surface area contributed by atoms with Crippen molar-refractivity contribution in [3.8, 4) is 11.1 Å². The molecule has 0 aromatic heterocycles. The van der Waals surface area contributed by atoms with Crippen LogP contribution in [0.25, 0.3) is 11.1 Å². The Bertz CT molecular complexity index is 503. The van der Waals surface area contributed by atoms with Crippen LogP contribution in [-0.2, 0) is 6.54 Å². The fourth-order valence-electron chi connectivity index (χ4n) is 2.36. The lowest BCUT2D eigenvalue weighted by atomic mass is 10.0. The van der Waals surface area contributed by atoms with E-state index in [4.69, 9.17) is 0 Å². The van der Waals surface area contributed by atoms with Crippen LogP contribution in [0.5, 0.6) is 0 Å². The van der Waals surface area contributed by atoms with Gasteiger partial charge in [-0.1, -0.05) is 54.6 Å². The number of rotatable bonds is 8. The minimum absolute atomic E-state index is 0.955. The Morgan fingerprint density at radius 2 is 1.48 bits per heavy atom. The first kappa shape index (κ1) is 15.7. The average molecular weight is 282 g/mol. The summed E-state index contributed by atoms with van der Waals surface area (Å²) in [4.78, 5) is 2.24. The van der Waals surface area contributed by atoms with Crippen LogP contribution in [0, 0.1) is 0 Å². The third-order valence-corrected chi connectivity index (χ3v) is 3.60. The molecule has 0 fully saturated rings. The third-order valence-electron chi connectivity index (χ3n) is 3.60. The molecule has 0 saturated heterocycles. The monoisotopic (exact) mass is 282 g/mol. The van der Waals surface area contributed by atoms with Crippen LogP contribution in [0.1, 0.15) is 18.4 Å². The van der Waals surface area contributed by atoms with Gasteiger partial charge in [0.1, 0.15) is 0 Å². The topological polar surface area (TPSA) is 15.3 Å². The summed E-state index contributed by atoms with van der Waals surface area (Å²) in [6, 6.07) is 19.4. The highest BCUT2D eigenvalue weighted by atomic mass is 15.0. The summed E-state index contributed by atoms with van der Waals surface area (Å²) < 4.78 is 0. The van der Waals surface area contributed by atoms with Crippen LogP contribution >= 0.6 is 0 Å². The van der Waals surface area contributed by atoms with E-state index < -0.39 is 0 Å². The Morgan fingerprint density at radius 3 is 2.14 bits per heavy atom. The van der Waals surface area contributed by atoms with Gasteiger partial charge in [-0.3, -0.25) is 0 Å². The minimum Gasteiger partial charge on any atom is -0.313 e. The molecule has 0 radical (unpaired) electrons. The lowest BCUT2D eigenvalue weighted by molar-refractivity contribution is 0.391. The molecule has 0 aliphatic carbocycles. The molecule has 1 N–H and O–H groups in total. The predicted molar refractivity (Wildman–Crippen MR) is 91.4 cm³/mol. The zero-order valence-corrected chi connectivity index (χ0v) is 13.2. The molecule has 2 rings (SSSR count). The van der Waals surface area contributed by atoms with Crippen LogP contribution in [0.4, 0.5) is 0 Å². The predicted octanol–water partition coefficient (Wildman–Crippen LogP) is 3.79. The van der Waals surface area contributed by atoms with E-state index in [1.165, 1.54) is 36.1 Å². The second-order valence-electron chi connectivity index (χ2n) is 5.75. The maximum Gasteiger partial charge on any atom is 0.0205 e. The highest BCUT2D eigenvalue weighted by Gasteiger charge is 1.97. The van der Waals surface area contributed by atoms with Gasteiger partial charge in [-0.25, -0.2) is 0 Å². The van der Waals surface area contributed by atoms with E-state index in [1.807, 2.05) is 0 Å². The first-order chi connectivity index (χ1) is 10.3. The largest absolute Gasteiger partial charge is 0.313 e. The minimum atomic E-state index is 0.955. The number of nitrogens with zero attached hydrogens (tertiary/aromatic N) is 1. The SMILES string of the molecule is CN(C)CCCCNCc1ccc(-c2ccccc2)cc1. The second kappa shape index (κ2) is 8.60. The first-order valence-electron chi connectivity index (χ1n) is 7.75. The first-order valence-corrected chi connectivity index (χ1v) is 7.75. The second-order valence-corrected chi connectivity index (χ2v) is 5.75. The Kier molecular flexibility index (Phi) is 6.45. The molecule has 0 atom stereocenters. The van der Waals surface area contributed by atoms with Crippen LogP contribution in [-0.4, -0.2) is 32.1 Å². The Balaban J connectivity index is 1.73. The smallest absolute Gasteiger partial charge is 0.0205 e. The standard InChI is InChI=1S/C19H26N2/c1-21(2)15-7-6-14-20-16-17-10-12-19(13-11-17)18-8-4-3-5-9-18/h3-5,8-13,20H,6-7,14-16H2,1-2H3. The van der Waals surface area contributed by atoms with Gasteiger partial charge in [-0.2, -0.15) is 0 Å². The maximum atomic E-state index is 3.52. The molecule has 0 aliphatic rings. The Morgan fingerprint density at radius 1 is 0.810 bits per heavy atom. The lowest BCUT2D eigenvalue weighted by Gasteiger charge is -2.09. The van der Waals surface area contributed by atoms with Crippen molar-refractivity contribution in [1.29, 1.82) is 0 Å². The van der Waals surface area contributed by atoms with Crippen LogP contribution in [0.3, 0.4) is 0 Å². The van der Waals surface area contributed by atoms with Crippen molar-refractivity contribution < 1.29 is 0 Å². The summed E-state index contributed by atoms with van der Waals surface area (Å²) in [7, 11) is 4.25. The number of unbranched alkanes of at least 4 members (excludes halogenated alkanes) is 1. The molecule has 0 spiro atoms. The van der Waals surface area contributed by atoms with E-state index in [2.05, 4.69) is 78.9 Å². The molecule has 0 bridgehead atoms. The zero-order valence-electron chi connectivity index (χ0n) is 13.2. The quantitative estimate of drug-likeness (QED) is 0.741. The Hall–Kier alpha value is -1.64. The molecule has 0 saturated carbocycles.